The summed E-state index contributed by atoms with van der Waals surface area (Å²) < 4.78 is 13.4. The molecule has 0 unspecified atom stereocenters. The second kappa shape index (κ2) is 8.62. The maximum atomic E-state index is 13.4. The van der Waals surface area contributed by atoms with Gasteiger partial charge in [-0.3, -0.25) is 9.59 Å². The van der Waals surface area contributed by atoms with E-state index in [0.29, 0.717) is 18.0 Å². The summed E-state index contributed by atoms with van der Waals surface area (Å²) in [7, 11) is 0. The van der Waals surface area contributed by atoms with Crippen LogP contribution in [-0.4, -0.2) is 21.5 Å². The van der Waals surface area contributed by atoms with Crippen LogP contribution >= 0.6 is 11.8 Å². The van der Waals surface area contributed by atoms with E-state index in [1.54, 1.807) is 0 Å². The minimum atomic E-state index is -0.300. The Bertz CT molecular complexity index is 843. The molecule has 1 aliphatic carbocycles. The molecule has 0 atom stereocenters. The molecule has 1 aliphatic rings. The molecular formula is C20H23FN2O2S. The molecule has 0 saturated carbocycles. The van der Waals surface area contributed by atoms with Gasteiger partial charge in [0.25, 0.3) is 5.56 Å². The van der Waals surface area contributed by atoms with E-state index < -0.39 is 0 Å². The fraction of sp³-hybridized carbons (Fsp3) is 0.450. The number of hydrogen-bond donors (Lipinski definition) is 1. The molecule has 0 aliphatic heterocycles. The summed E-state index contributed by atoms with van der Waals surface area (Å²) >= 11 is 1.48. The fourth-order valence-corrected chi connectivity index (χ4v) is 4.14. The summed E-state index contributed by atoms with van der Waals surface area (Å²) in [4.78, 5) is 31.6. The van der Waals surface area contributed by atoms with Crippen LogP contribution in [0, 0.1) is 12.7 Å². The molecule has 6 heteroatoms. The summed E-state index contributed by atoms with van der Waals surface area (Å²) in [5.74, 6) is 0.517. The third kappa shape index (κ3) is 5.04. The predicted molar refractivity (Wildman–Crippen MR) is 101 cm³/mol. The predicted octanol–water partition coefficient (Wildman–Crippen LogP) is 3.78. The maximum Gasteiger partial charge on any atom is 0.254 e. The Kier molecular flexibility index (Phi) is 6.25. The number of rotatable bonds is 7. The second-order valence-corrected chi connectivity index (χ2v) is 7.89. The SMILES string of the molecule is Cc1cc(F)cc(CC(=O)CCCSc2nc3c(c(=O)[nH]2)CCCC3)c1. The van der Waals surface area contributed by atoms with E-state index in [-0.39, 0.29) is 23.6 Å². The van der Waals surface area contributed by atoms with Crippen LogP contribution in [0.3, 0.4) is 0 Å². The average molecular weight is 374 g/mol. The van der Waals surface area contributed by atoms with Gasteiger partial charge in [-0.25, -0.2) is 9.37 Å². The summed E-state index contributed by atoms with van der Waals surface area (Å²) in [5, 5.41) is 0.642. The summed E-state index contributed by atoms with van der Waals surface area (Å²) in [5.41, 5.74) is 3.29. The molecule has 0 saturated heterocycles. The monoisotopic (exact) mass is 374 g/mol. The number of benzene rings is 1. The summed E-state index contributed by atoms with van der Waals surface area (Å²) in [6.45, 7) is 1.82. The first-order valence-electron chi connectivity index (χ1n) is 9.04. The van der Waals surface area contributed by atoms with E-state index in [1.807, 2.05) is 13.0 Å². The summed E-state index contributed by atoms with van der Waals surface area (Å²) in [6, 6.07) is 4.72. The molecule has 0 spiro atoms. The highest BCUT2D eigenvalue weighted by molar-refractivity contribution is 7.99. The maximum absolute atomic E-state index is 13.4. The van der Waals surface area contributed by atoms with Crippen LogP contribution in [0.25, 0.3) is 0 Å². The summed E-state index contributed by atoms with van der Waals surface area (Å²) in [6.07, 6.45) is 5.24. The Balaban J connectivity index is 1.47. The van der Waals surface area contributed by atoms with Crippen LogP contribution in [0.4, 0.5) is 4.39 Å². The van der Waals surface area contributed by atoms with Gasteiger partial charge in [-0.15, -0.1) is 0 Å². The van der Waals surface area contributed by atoms with Crippen molar-refractivity contribution in [2.24, 2.45) is 0 Å². The van der Waals surface area contributed by atoms with Crippen LogP contribution < -0.4 is 5.56 Å². The Morgan fingerprint density at radius 2 is 2.08 bits per heavy atom. The van der Waals surface area contributed by atoms with Gasteiger partial charge in [0.15, 0.2) is 5.16 Å². The lowest BCUT2D eigenvalue weighted by atomic mass is 9.97. The van der Waals surface area contributed by atoms with E-state index in [2.05, 4.69) is 9.97 Å². The molecule has 3 rings (SSSR count). The molecule has 1 heterocycles. The Morgan fingerprint density at radius 3 is 2.88 bits per heavy atom. The van der Waals surface area contributed by atoms with Gasteiger partial charge in [0.2, 0.25) is 0 Å². The number of nitrogens with one attached hydrogen (secondary N) is 1. The zero-order valence-corrected chi connectivity index (χ0v) is 15.8. The molecule has 138 valence electrons. The molecule has 0 fully saturated rings. The number of aromatic nitrogens is 2. The highest BCUT2D eigenvalue weighted by Gasteiger charge is 2.15. The van der Waals surface area contributed by atoms with Crippen LogP contribution in [0.15, 0.2) is 28.2 Å². The van der Waals surface area contributed by atoms with Crippen molar-refractivity contribution < 1.29 is 9.18 Å². The first-order valence-corrected chi connectivity index (χ1v) is 10.0. The number of aryl methyl sites for hydroxylation is 2. The number of halogens is 1. The zero-order valence-electron chi connectivity index (χ0n) is 14.9. The first kappa shape index (κ1) is 18.8. The third-order valence-electron chi connectivity index (χ3n) is 4.51. The van der Waals surface area contributed by atoms with Crippen molar-refractivity contribution >= 4 is 17.5 Å². The van der Waals surface area contributed by atoms with Gasteiger partial charge in [-0.05, 0) is 62.3 Å². The fourth-order valence-electron chi connectivity index (χ4n) is 3.32. The number of H-pyrrole nitrogens is 1. The normalized spacial score (nSPS) is 13.5. The lowest BCUT2D eigenvalue weighted by molar-refractivity contribution is -0.118. The van der Waals surface area contributed by atoms with Crippen molar-refractivity contribution in [3.8, 4) is 0 Å². The highest BCUT2D eigenvalue weighted by atomic mass is 32.2. The smallest absolute Gasteiger partial charge is 0.254 e. The largest absolute Gasteiger partial charge is 0.301 e. The van der Waals surface area contributed by atoms with Crippen molar-refractivity contribution in [1.82, 2.24) is 9.97 Å². The molecule has 4 nitrogen and oxygen atoms in total. The molecule has 1 N–H and O–H groups in total. The highest BCUT2D eigenvalue weighted by Crippen LogP contribution is 2.20. The first-order chi connectivity index (χ1) is 12.5. The molecule has 2 aromatic rings. The van der Waals surface area contributed by atoms with Crippen LogP contribution in [0.1, 0.15) is 48.1 Å². The van der Waals surface area contributed by atoms with Crippen LogP contribution in [-0.2, 0) is 24.1 Å². The van der Waals surface area contributed by atoms with Gasteiger partial charge in [0, 0.05) is 24.2 Å². The van der Waals surface area contributed by atoms with E-state index >= 15 is 0 Å². The Labute approximate surface area is 156 Å². The van der Waals surface area contributed by atoms with Crippen molar-refractivity contribution in [2.75, 3.05) is 5.75 Å². The van der Waals surface area contributed by atoms with Gasteiger partial charge < -0.3 is 4.98 Å². The van der Waals surface area contributed by atoms with Gasteiger partial charge >= 0.3 is 0 Å². The minimum absolute atomic E-state index is 0.0187. The molecule has 0 bridgehead atoms. The number of carbonyl (C=O) groups excluding carboxylic acids is 1. The van der Waals surface area contributed by atoms with E-state index in [1.165, 1.54) is 23.9 Å². The number of hydrogen-bond acceptors (Lipinski definition) is 4. The van der Waals surface area contributed by atoms with E-state index in [4.69, 9.17) is 0 Å². The van der Waals surface area contributed by atoms with Gasteiger partial charge in [0.05, 0.1) is 5.69 Å². The molecule has 26 heavy (non-hydrogen) atoms. The molecular weight excluding hydrogens is 351 g/mol. The Hall–Kier alpha value is -1.95. The molecule has 1 aromatic heterocycles. The van der Waals surface area contributed by atoms with Gasteiger partial charge in [0.1, 0.15) is 11.6 Å². The van der Waals surface area contributed by atoms with E-state index in [9.17, 15) is 14.0 Å². The Morgan fingerprint density at radius 1 is 1.27 bits per heavy atom. The number of Topliss-reactive ketones (excluding diaryl/α,β-unsaturated/α-hetero) is 1. The van der Waals surface area contributed by atoms with Crippen molar-refractivity contribution in [3.05, 3.63) is 56.8 Å². The number of fused-ring (bicyclic) bond motifs is 1. The molecule has 0 radical (unpaired) electrons. The van der Waals surface area contributed by atoms with Crippen LogP contribution in [0.2, 0.25) is 0 Å². The average Bonchev–Trinajstić information content (AvgIpc) is 2.58. The van der Waals surface area contributed by atoms with Crippen LogP contribution in [0.5, 0.6) is 0 Å². The van der Waals surface area contributed by atoms with Crippen molar-refractivity contribution in [3.63, 3.8) is 0 Å². The number of ketones is 1. The lowest BCUT2D eigenvalue weighted by Gasteiger charge is -2.14. The van der Waals surface area contributed by atoms with Gasteiger partial charge in [-0.2, -0.15) is 0 Å². The van der Waals surface area contributed by atoms with E-state index in [0.717, 1.165) is 53.8 Å². The number of aromatic amines is 1. The number of carbonyl (C=O) groups is 1. The third-order valence-corrected chi connectivity index (χ3v) is 5.47. The standard InChI is InChI=1S/C20H23FN2O2S/c1-13-9-14(11-15(21)10-13)12-16(24)5-4-8-26-20-22-18-7-3-2-6-17(18)19(25)23-20/h9-11H,2-8,12H2,1H3,(H,22,23,25). The quantitative estimate of drug-likeness (QED) is 0.455. The van der Waals surface area contributed by atoms with Crippen molar-refractivity contribution in [1.29, 1.82) is 0 Å². The van der Waals surface area contributed by atoms with Gasteiger partial charge in [-0.1, -0.05) is 17.8 Å². The number of thioether (sulfide) groups is 1. The second-order valence-electron chi connectivity index (χ2n) is 6.81. The van der Waals surface area contributed by atoms with Crippen molar-refractivity contribution in [2.45, 2.75) is 57.0 Å². The molecule has 1 aromatic carbocycles. The molecule has 0 amide bonds. The zero-order chi connectivity index (χ0) is 18.5. The topological polar surface area (TPSA) is 62.8 Å². The number of nitrogens with zero attached hydrogens (tertiary/aromatic N) is 1. The minimum Gasteiger partial charge on any atom is -0.301 e. The lowest BCUT2D eigenvalue weighted by Crippen LogP contribution is -2.21.